The predicted octanol–water partition coefficient (Wildman–Crippen LogP) is 2.72. The van der Waals surface area contributed by atoms with Gasteiger partial charge in [-0.2, -0.15) is 5.26 Å². The largest absolute Gasteiger partial charge is 0.490 e. The molecule has 6 nitrogen and oxygen atoms in total. The Hall–Kier alpha value is -2.13. The topological polar surface area (TPSA) is 79.4 Å². The zero-order chi connectivity index (χ0) is 15.4. The van der Waals surface area contributed by atoms with Crippen molar-refractivity contribution in [3.63, 3.8) is 0 Å². The van der Waals surface area contributed by atoms with Crippen molar-refractivity contribution in [2.24, 2.45) is 0 Å². The van der Waals surface area contributed by atoms with Crippen molar-refractivity contribution in [3.8, 4) is 11.8 Å². The van der Waals surface area contributed by atoms with Gasteiger partial charge in [-0.1, -0.05) is 6.07 Å². The van der Waals surface area contributed by atoms with E-state index in [1.54, 1.807) is 12.1 Å². The Balaban J connectivity index is 2.12. The molecule has 1 aromatic carbocycles. The molecule has 6 heteroatoms. The highest BCUT2D eigenvalue weighted by Crippen LogP contribution is 2.28. The van der Waals surface area contributed by atoms with E-state index >= 15 is 0 Å². The molecule has 0 saturated carbocycles. The van der Waals surface area contributed by atoms with Crippen molar-refractivity contribution in [2.45, 2.75) is 38.8 Å². The molecule has 1 aliphatic rings. The van der Waals surface area contributed by atoms with Gasteiger partial charge in [0.25, 0.3) is 5.69 Å². The number of hydrogen-bond donors (Lipinski definition) is 0. The van der Waals surface area contributed by atoms with Crippen molar-refractivity contribution in [1.29, 1.82) is 5.26 Å². The number of hydrogen-bond acceptors (Lipinski definition) is 5. The Bertz CT molecular complexity index is 566. The van der Waals surface area contributed by atoms with E-state index in [1.165, 1.54) is 6.07 Å². The third kappa shape index (κ3) is 3.31. The van der Waals surface area contributed by atoms with E-state index in [0.717, 1.165) is 19.4 Å². The van der Waals surface area contributed by atoms with Crippen LogP contribution in [0.15, 0.2) is 18.2 Å². The highest BCUT2D eigenvalue weighted by Gasteiger charge is 2.27. The Morgan fingerprint density at radius 3 is 2.95 bits per heavy atom. The molecule has 0 spiro atoms. The summed E-state index contributed by atoms with van der Waals surface area (Å²) in [6.45, 7) is 5.79. The molecule has 1 aliphatic heterocycles. The SMILES string of the molecule is CC(C)N1CCCC1COc1cccc([N+](=O)[O-])c1C#N. The quantitative estimate of drug-likeness (QED) is 0.615. The van der Waals surface area contributed by atoms with E-state index in [0.29, 0.717) is 24.4 Å². The molecule has 0 aliphatic carbocycles. The van der Waals surface area contributed by atoms with E-state index in [4.69, 9.17) is 10.00 Å². The lowest BCUT2D eigenvalue weighted by Crippen LogP contribution is -2.39. The average molecular weight is 289 g/mol. The van der Waals surface area contributed by atoms with E-state index in [-0.39, 0.29) is 11.3 Å². The molecule has 2 rings (SSSR count). The zero-order valence-corrected chi connectivity index (χ0v) is 12.3. The fourth-order valence-electron chi connectivity index (χ4n) is 2.81. The Labute approximate surface area is 124 Å². The van der Waals surface area contributed by atoms with Gasteiger partial charge >= 0.3 is 0 Å². The number of likely N-dealkylation sites (tertiary alicyclic amines) is 1. The van der Waals surface area contributed by atoms with Crippen molar-refractivity contribution in [1.82, 2.24) is 4.90 Å². The fourth-order valence-corrected chi connectivity index (χ4v) is 2.81. The van der Waals surface area contributed by atoms with E-state index < -0.39 is 4.92 Å². The van der Waals surface area contributed by atoms with Crippen LogP contribution in [0.2, 0.25) is 0 Å². The van der Waals surface area contributed by atoms with Crippen molar-refractivity contribution in [3.05, 3.63) is 33.9 Å². The molecule has 0 amide bonds. The van der Waals surface area contributed by atoms with Crippen LogP contribution >= 0.6 is 0 Å². The van der Waals surface area contributed by atoms with Gasteiger partial charge in [0.2, 0.25) is 0 Å². The molecule has 1 saturated heterocycles. The molecule has 0 aromatic heterocycles. The summed E-state index contributed by atoms with van der Waals surface area (Å²) in [6, 6.07) is 7.10. The van der Waals surface area contributed by atoms with Gasteiger partial charge in [-0.25, -0.2) is 0 Å². The molecular weight excluding hydrogens is 270 g/mol. The first-order valence-electron chi connectivity index (χ1n) is 7.10. The predicted molar refractivity (Wildman–Crippen MR) is 78.2 cm³/mol. The van der Waals surface area contributed by atoms with Crippen molar-refractivity contribution in [2.75, 3.05) is 13.2 Å². The van der Waals surface area contributed by atoms with E-state index in [1.807, 2.05) is 6.07 Å². The zero-order valence-electron chi connectivity index (χ0n) is 12.3. The summed E-state index contributed by atoms with van der Waals surface area (Å²) in [5.41, 5.74) is -0.210. The van der Waals surface area contributed by atoms with Gasteiger partial charge in [0.05, 0.1) is 4.92 Å². The van der Waals surface area contributed by atoms with Gasteiger partial charge in [0.1, 0.15) is 18.4 Å². The van der Waals surface area contributed by atoms with Crippen LogP contribution in [0.3, 0.4) is 0 Å². The normalized spacial score (nSPS) is 18.7. The fraction of sp³-hybridized carbons (Fsp3) is 0.533. The molecule has 0 N–H and O–H groups in total. The second-order valence-electron chi connectivity index (χ2n) is 5.46. The number of benzene rings is 1. The lowest BCUT2D eigenvalue weighted by atomic mass is 10.1. The number of rotatable bonds is 5. The monoisotopic (exact) mass is 289 g/mol. The standard InChI is InChI=1S/C15H19N3O3/c1-11(2)17-8-4-5-12(17)10-21-15-7-3-6-14(18(19)20)13(15)9-16/h3,6-7,11-12H,4-5,8,10H2,1-2H3. The third-order valence-electron chi connectivity index (χ3n) is 3.83. The maximum absolute atomic E-state index is 10.9. The smallest absolute Gasteiger partial charge is 0.290 e. The van der Waals surface area contributed by atoms with Crippen LogP contribution in [0.5, 0.6) is 5.75 Å². The lowest BCUT2D eigenvalue weighted by molar-refractivity contribution is -0.385. The molecule has 1 aromatic rings. The van der Waals surface area contributed by atoms with Gasteiger partial charge < -0.3 is 4.74 Å². The van der Waals surface area contributed by atoms with Crippen LogP contribution in [-0.2, 0) is 0 Å². The number of nitriles is 1. The minimum Gasteiger partial charge on any atom is -0.490 e. The van der Waals surface area contributed by atoms with Crippen LogP contribution in [0.4, 0.5) is 5.69 Å². The first-order valence-corrected chi connectivity index (χ1v) is 7.10. The van der Waals surface area contributed by atoms with Crippen LogP contribution in [0, 0.1) is 21.4 Å². The average Bonchev–Trinajstić information content (AvgIpc) is 2.93. The first kappa shape index (κ1) is 15.3. The third-order valence-corrected chi connectivity index (χ3v) is 3.83. The van der Waals surface area contributed by atoms with Gasteiger partial charge in [-0.05, 0) is 39.3 Å². The molecule has 1 fully saturated rings. The van der Waals surface area contributed by atoms with Crippen molar-refractivity contribution < 1.29 is 9.66 Å². The summed E-state index contributed by atoms with van der Waals surface area (Å²) < 4.78 is 5.71. The Morgan fingerprint density at radius 2 is 2.33 bits per heavy atom. The second kappa shape index (κ2) is 6.55. The first-order chi connectivity index (χ1) is 10.0. The van der Waals surface area contributed by atoms with Gasteiger partial charge in [-0.15, -0.1) is 0 Å². The maximum Gasteiger partial charge on any atom is 0.290 e. The summed E-state index contributed by atoms with van der Waals surface area (Å²) in [4.78, 5) is 12.7. The highest BCUT2D eigenvalue weighted by atomic mass is 16.6. The molecule has 1 heterocycles. The summed E-state index contributed by atoms with van der Waals surface area (Å²) >= 11 is 0. The van der Waals surface area contributed by atoms with Gasteiger partial charge in [0, 0.05) is 18.2 Å². The summed E-state index contributed by atoms with van der Waals surface area (Å²) in [7, 11) is 0. The number of nitrogens with zero attached hydrogens (tertiary/aromatic N) is 3. The molecule has 21 heavy (non-hydrogen) atoms. The minimum absolute atomic E-state index is 0.00315. The number of ether oxygens (including phenoxy) is 1. The highest BCUT2D eigenvalue weighted by molar-refractivity contribution is 5.56. The Kier molecular flexibility index (Phi) is 4.76. The molecule has 0 radical (unpaired) electrons. The molecule has 1 atom stereocenters. The van der Waals surface area contributed by atoms with E-state index in [2.05, 4.69) is 18.7 Å². The minimum atomic E-state index is -0.554. The van der Waals surface area contributed by atoms with Crippen molar-refractivity contribution >= 4 is 5.69 Å². The number of nitro groups is 1. The molecule has 0 bridgehead atoms. The molecule has 1 unspecified atom stereocenters. The Morgan fingerprint density at radius 1 is 1.57 bits per heavy atom. The number of nitro benzene ring substituents is 1. The van der Waals surface area contributed by atoms with Crippen LogP contribution in [0.1, 0.15) is 32.3 Å². The molecular formula is C15H19N3O3. The van der Waals surface area contributed by atoms with Gasteiger partial charge in [-0.3, -0.25) is 15.0 Å². The second-order valence-corrected chi connectivity index (χ2v) is 5.46. The van der Waals surface area contributed by atoms with Crippen LogP contribution < -0.4 is 4.74 Å². The van der Waals surface area contributed by atoms with E-state index in [9.17, 15) is 10.1 Å². The van der Waals surface area contributed by atoms with Gasteiger partial charge in [0.15, 0.2) is 5.56 Å². The summed E-state index contributed by atoms with van der Waals surface area (Å²) in [5, 5.41) is 20.1. The molecule has 112 valence electrons. The summed E-state index contributed by atoms with van der Waals surface area (Å²) in [5.74, 6) is 0.294. The van der Waals surface area contributed by atoms with Crippen LogP contribution in [0.25, 0.3) is 0 Å². The summed E-state index contributed by atoms with van der Waals surface area (Å²) in [6.07, 6.45) is 2.18. The lowest BCUT2D eigenvalue weighted by Gasteiger charge is -2.28. The van der Waals surface area contributed by atoms with Crippen LogP contribution in [-0.4, -0.2) is 35.1 Å². The maximum atomic E-state index is 10.9.